The van der Waals surface area contributed by atoms with Crippen molar-refractivity contribution in [1.29, 1.82) is 0 Å². The number of nitrogens with zero attached hydrogens (tertiary/aromatic N) is 1. The fourth-order valence-electron chi connectivity index (χ4n) is 3.66. The average molecular weight is 323 g/mol. The number of sulfone groups is 1. The molecule has 5 nitrogen and oxygen atoms in total. The molecular formula is C13H23ClN2O3S. The van der Waals surface area contributed by atoms with Crippen LogP contribution in [0.2, 0.25) is 0 Å². The summed E-state index contributed by atoms with van der Waals surface area (Å²) in [6.45, 7) is 0.739. The van der Waals surface area contributed by atoms with E-state index in [2.05, 4.69) is 5.32 Å². The molecule has 1 amide bonds. The van der Waals surface area contributed by atoms with Crippen molar-refractivity contribution in [3.05, 3.63) is 0 Å². The van der Waals surface area contributed by atoms with Gasteiger partial charge < -0.3 is 10.2 Å². The number of hydrogen-bond donors (Lipinski definition) is 1. The molecule has 3 atom stereocenters. The SMILES string of the molecule is Cl.O=C(C1CC2CCCCC2N1)N1CCS(=O)(=O)CC1. The second-order valence-corrected chi connectivity index (χ2v) is 8.39. The van der Waals surface area contributed by atoms with E-state index in [4.69, 9.17) is 0 Å². The van der Waals surface area contributed by atoms with Gasteiger partial charge in [0.25, 0.3) is 0 Å². The lowest BCUT2D eigenvalue weighted by atomic mass is 9.85. The van der Waals surface area contributed by atoms with Crippen molar-refractivity contribution in [2.45, 2.75) is 44.2 Å². The number of halogens is 1. The fourth-order valence-corrected chi connectivity index (χ4v) is 4.86. The first kappa shape index (κ1) is 16.0. The van der Waals surface area contributed by atoms with E-state index in [9.17, 15) is 13.2 Å². The zero-order valence-electron chi connectivity index (χ0n) is 11.6. The summed E-state index contributed by atoms with van der Waals surface area (Å²) in [6, 6.07) is 0.435. The summed E-state index contributed by atoms with van der Waals surface area (Å²) in [4.78, 5) is 14.2. The van der Waals surface area contributed by atoms with Crippen molar-refractivity contribution in [1.82, 2.24) is 10.2 Å². The van der Waals surface area contributed by atoms with E-state index in [0.717, 1.165) is 6.42 Å². The smallest absolute Gasteiger partial charge is 0.239 e. The van der Waals surface area contributed by atoms with Gasteiger partial charge in [0.2, 0.25) is 5.91 Å². The summed E-state index contributed by atoms with van der Waals surface area (Å²) in [7, 11) is -2.91. The minimum Gasteiger partial charge on any atom is -0.339 e. The molecule has 3 fully saturated rings. The predicted octanol–water partition coefficient (Wildman–Crippen LogP) is 0.586. The van der Waals surface area contributed by atoms with Gasteiger partial charge in [-0.3, -0.25) is 4.79 Å². The molecule has 2 saturated heterocycles. The third kappa shape index (κ3) is 3.28. The van der Waals surface area contributed by atoms with Crippen LogP contribution in [0.5, 0.6) is 0 Å². The van der Waals surface area contributed by atoms with Gasteiger partial charge in [0.05, 0.1) is 17.5 Å². The number of rotatable bonds is 1. The predicted molar refractivity (Wildman–Crippen MR) is 79.8 cm³/mol. The standard InChI is InChI=1S/C13H22N2O3S.ClH/c16-13(15-5-7-19(17,18)8-6-15)12-9-10-3-1-2-4-11(10)14-12;/h10-12,14H,1-9H2;1H. The maximum absolute atomic E-state index is 12.4. The van der Waals surface area contributed by atoms with Crippen molar-refractivity contribution < 1.29 is 13.2 Å². The number of hydrogen-bond acceptors (Lipinski definition) is 4. The van der Waals surface area contributed by atoms with Gasteiger partial charge in [0.1, 0.15) is 0 Å². The molecule has 2 heterocycles. The normalized spacial score (nSPS) is 36.0. The summed E-state index contributed by atoms with van der Waals surface area (Å²) in [5.41, 5.74) is 0. The Hall–Kier alpha value is -0.330. The lowest BCUT2D eigenvalue weighted by Gasteiger charge is -2.29. The van der Waals surface area contributed by atoms with Gasteiger partial charge >= 0.3 is 0 Å². The first-order valence-corrected chi connectivity index (χ1v) is 9.12. The number of nitrogens with one attached hydrogen (secondary N) is 1. The quantitative estimate of drug-likeness (QED) is 0.767. The number of fused-ring (bicyclic) bond motifs is 1. The zero-order valence-corrected chi connectivity index (χ0v) is 13.2. The van der Waals surface area contributed by atoms with Crippen molar-refractivity contribution >= 4 is 28.2 Å². The Balaban J connectivity index is 0.00000147. The molecule has 0 radical (unpaired) electrons. The molecule has 7 heteroatoms. The Labute approximate surface area is 126 Å². The van der Waals surface area contributed by atoms with Crippen LogP contribution in [0.3, 0.4) is 0 Å². The molecule has 1 N–H and O–H groups in total. The molecular weight excluding hydrogens is 300 g/mol. The minimum atomic E-state index is -2.91. The van der Waals surface area contributed by atoms with E-state index in [1.807, 2.05) is 0 Å². The molecule has 116 valence electrons. The van der Waals surface area contributed by atoms with E-state index < -0.39 is 9.84 Å². The molecule has 3 aliphatic rings. The van der Waals surface area contributed by atoms with Crippen molar-refractivity contribution in [3.8, 4) is 0 Å². The molecule has 0 aromatic rings. The number of carbonyl (C=O) groups excluding carboxylic acids is 1. The van der Waals surface area contributed by atoms with Crippen LogP contribution < -0.4 is 5.32 Å². The van der Waals surface area contributed by atoms with Gasteiger partial charge in [0, 0.05) is 19.1 Å². The van der Waals surface area contributed by atoms with Crippen LogP contribution >= 0.6 is 12.4 Å². The third-order valence-corrected chi connectivity index (χ3v) is 6.43. The second kappa shape index (κ2) is 6.20. The second-order valence-electron chi connectivity index (χ2n) is 6.08. The van der Waals surface area contributed by atoms with Gasteiger partial charge in [-0.1, -0.05) is 12.8 Å². The number of carbonyl (C=O) groups is 1. The summed E-state index contributed by atoms with van der Waals surface area (Å²) in [5, 5.41) is 3.47. The van der Waals surface area contributed by atoms with Crippen molar-refractivity contribution in [2.24, 2.45) is 5.92 Å². The highest BCUT2D eigenvalue weighted by Gasteiger charge is 2.40. The third-order valence-electron chi connectivity index (χ3n) is 4.82. The topological polar surface area (TPSA) is 66.5 Å². The molecule has 0 bridgehead atoms. The molecule has 2 aliphatic heterocycles. The van der Waals surface area contributed by atoms with Crippen molar-refractivity contribution in [2.75, 3.05) is 24.6 Å². The first-order valence-electron chi connectivity index (χ1n) is 7.30. The molecule has 3 rings (SSSR count). The maximum Gasteiger partial charge on any atom is 0.239 e. The molecule has 1 saturated carbocycles. The molecule has 0 aromatic carbocycles. The summed E-state index contributed by atoms with van der Waals surface area (Å²) >= 11 is 0. The zero-order chi connectivity index (χ0) is 13.5. The van der Waals surface area contributed by atoms with Crippen LogP contribution in [0.15, 0.2) is 0 Å². The monoisotopic (exact) mass is 322 g/mol. The van der Waals surface area contributed by atoms with Crippen LogP contribution in [0.1, 0.15) is 32.1 Å². The Bertz CT molecular complexity index is 440. The van der Waals surface area contributed by atoms with Gasteiger partial charge in [-0.2, -0.15) is 0 Å². The van der Waals surface area contributed by atoms with E-state index in [1.165, 1.54) is 25.7 Å². The Morgan fingerprint density at radius 1 is 1.10 bits per heavy atom. The lowest BCUT2D eigenvalue weighted by Crippen LogP contribution is -2.50. The maximum atomic E-state index is 12.4. The summed E-state index contributed by atoms with van der Waals surface area (Å²) in [5.74, 6) is 1.01. The fraction of sp³-hybridized carbons (Fsp3) is 0.923. The van der Waals surface area contributed by atoms with Gasteiger partial charge in [-0.25, -0.2) is 8.42 Å². The largest absolute Gasteiger partial charge is 0.339 e. The molecule has 0 aromatic heterocycles. The summed E-state index contributed by atoms with van der Waals surface area (Å²) in [6.07, 6.45) is 5.90. The van der Waals surface area contributed by atoms with Crippen LogP contribution in [-0.2, 0) is 14.6 Å². The van der Waals surface area contributed by atoms with Gasteiger partial charge in [0.15, 0.2) is 9.84 Å². The highest BCUT2D eigenvalue weighted by molar-refractivity contribution is 7.91. The van der Waals surface area contributed by atoms with Crippen LogP contribution in [0, 0.1) is 5.92 Å². The van der Waals surface area contributed by atoms with Crippen molar-refractivity contribution in [3.63, 3.8) is 0 Å². The molecule has 1 aliphatic carbocycles. The first-order chi connectivity index (χ1) is 9.05. The van der Waals surface area contributed by atoms with E-state index in [0.29, 0.717) is 25.0 Å². The molecule has 0 spiro atoms. The highest BCUT2D eigenvalue weighted by Crippen LogP contribution is 2.33. The molecule has 3 unspecified atom stereocenters. The Kier molecular flexibility index (Phi) is 4.97. The van der Waals surface area contributed by atoms with Crippen LogP contribution in [-0.4, -0.2) is 55.9 Å². The Morgan fingerprint density at radius 2 is 1.75 bits per heavy atom. The minimum absolute atomic E-state index is 0. The van der Waals surface area contributed by atoms with E-state index >= 15 is 0 Å². The van der Waals surface area contributed by atoms with E-state index in [1.54, 1.807) is 4.90 Å². The van der Waals surface area contributed by atoms with Gasteiger partial charge in [-0.15, -0.1) is 12.4 Å². The lowest BCUT2D eigenvalue weighted by molar-refractivity contribution is -0.132. The molecule has 20 heavy (non-hydrogen) atoms. The highest BCUT2D eigenvalue weighted by atomic mass is 35.5. The van der Waals surface area contributed by atoms with E-state index in [-0.39, 0.29) is 35.9 Å². The Morgan fingerprint density at radius 3 is 2.40 bits per heavy atom. The van der Waals surface area contributed by atoms with Crippen LogP contribution in [0.25, 0.3) is 0 Å². The number of amides is 1. The van der Waals surface area contributed by atoms with Gasteiger partial charge in [-0.05, 0) is 25.2 Å². The average Bonchev–Trinajstić information content (AvgIpc) is 2.81. The van der Waals surface area contributed by atoms with Crippen LogP contribution in [0.4, 0.5) is 0 Å². The summed E-state index contributed by atoms with van der Waals surface area (Å²) < 4.78 is 22.8.